The summed E-state index contributed by atoms with van der Waals surface area (Å²) in [6.07, 6.45) is 4.39. The van der Waals surface area contributed by atoms with Crippen LogP contribution in [0.25, 0.3) is 0 Å². The van der Waals surface area contributed by atoms with Crippen molar-refractivity contribution in [1.29, 1.82) is 0 Å². The Hall–Kier alpha value is -0.870. The first-order valence-electron chi connectivity index (χ1n) is 5.79. The third-order valence-electron chi connectivity index (χ3n) is 3.20. The zero-order valence-electron chi connectivity index (χ0n) is 9.53. The van der Waals surface area contributed by atoms with Crippen LogP contribution in [0.15, 0.2) is 11.4 Å². The van der Waals surface area contributed by atoms with Gasteiger partial charge in [0.05, 0.1) is 4.88 Å². The Kier molecular flexibility index (Phi) is 3.61. The number of nitrogens with one attached hydrogen (secondary N) is 1. The molecule has 1 aromatic heterocycles. The Bertz CT molecular complexity index is 375. The molecule has 1 aromatic rings. The van der Waals surface area contributed by atoms with Gasteiger partial charge in [-0.2, -0.15) is 0 Å². The molecule has 2 rings (SSSR count). The van der Waals surface area contributed by atoms with Gasteiger partial charge in [-0.25, -0.2) is 0 Å². The van der Waals surface area contributed by atoms with E-state index in [9.17, 15) is 4.79 Å². The molecule has 16 heavy (non-hydrogen) atoms. The average molecular weight is 238 g/mol. The molecule has 0 saturated heterocycles. The first-order valence-corrected chi connectivity index (χ1v) is 6.67. The molecule has 0 aliphatic heterocycles. The lowest BCUT2D eigenvalue weighted by atomic mass is 9.91. The molecule has 4 heteroatoms. The van der Waals surface area contributed by atoms with Crippen LogP contribution < -0.4 is 11.1 Å². The minimum Gasteiger partial charge on any atom is -0.347 e. The van der Waals surface area contributed by atoms with E-state index < -0.39 is 0 Å². The predicted octanol–water partition coefficient (Wildman–Crippen LogP) is 2.06. The van der Waals surface area contributed by atoms with Crippen LogP contribution >= 0.6 is 11.3 Å². The van der Waals surface area contributed by atoms with Gasteiger partial charge in [0.1, 0.15) is 0 Å². The molecule has 0 aromatic carbocycles. The summed E-state index contributed by atoms with van der Waals surface area (Å²) >= 11 is 1.49. The summed E-state index contributed by atoms with van der Waals surface area (Å²) in [5, 5.41) is 5.01. The lowest BCUT2D eigenvalue weighted by Gasteiger charge is -2.29. The standard InChI is InChI=1S/C12H18N2OS/c1-8-6-7-16-11(8)12(15)14-10-5-3-2-4-9(10)13/h6-7,9-10H,2-5,13H2,1H3,(H,14,15)/t9-,10-/m0/s1. The topological polar surface area (TPSA) is 55.1 Å². The van der Waals surface area contributed by atoms with Crippen molar-refractivity contribution in [3.05, 3.63) is 21.9 Å². The minimum absolute atomic E-state index is 0.0369. The summed E-state index contributed by atoms with van der Waals surface area (Å²) < 4.78 is 0. The van der Waals surface area contributed by atoms with Crippen LogP contribution in [0.3, 0.4) is 0 Å². The van der Waals surface area contributed by atoms with Gasteiger partial charge in [0.25, 0.3) is 5.91 Å². The van der Waals surface area contributed by atoms with E-state index in [2.05, 4.69) is 5.32 Å². The van der Waals surface area contributed by atoms with Gasteiger partial charge in [-0.1, -0.05) is 12.8 Å². The second-order valence-corrected chi connectivity index (χ2v) is 5.38. The van der Waals surface area contributed by atoms with Gasteiger partial charge in [-0.3, -0.25) is 4.79 Å². The molecular formula is C12H18N2OS. The molecule has 3 N–H and O–H groups in total. The lowest BCUT2D eigenvalue weighted by Crippen LogP contribution is -2.49. The fourth-order valence-electron chi connectivity index (χ4n) is 2.18. The number of nitrogens with two attached hydrogens (primary N) is 1. The molecule has 1 aliphatic rings. The van der Waals surface area contributed by atoms with E-state index in [4.69, 9.17) is 5.73 Å². The SMILES string of the molecule is Cc1ccsc1C(=O)N[C@H]1CCCC[C@@H]1N. The smallest absolute Gasteiger partial charge is 0.261 e. The molecule has 1 heterocycles. The highest BCUT2D eigenvalue weighted by Crippen LogP contribution is 2.19. The van der Waals surface area contributed by atoms with Crippen molar-refractivity contribution in [3.63, 3.8) is 0 Å². The predicted molar refractivity (Wildman–Crippen MR) is 66.8 cm³/mol. The third-order valence-corrected chi connectivity index (χ3v) is 4.22. The number of carbonyl (C=O) groups excluding carboxylic acids is 1. The fourth-order valence-corrected chi connectivity index (χ4v) is 3.01. The van der Waals surface area contributed by atoms with Crippen molar-refractivity contribution in [2.24, 2.45) is 5.73 Å². The van der Waals surface area contributed by atoms with E-state index in [-0.39, 0.29) is 18.0 Å². The van der Waals surface area contributed by atoms with Crippen LogP contribution in [0.5, 0.6) is 0 Å². The molecule has 0 unspecified atom stereocenters. The van der Waals surface area contributed by atoms with Crippen molar-refractivity contribution in [2.75, 3.05) is 0 Å². The van der Waals surface area contributed by atoms with Crippen molar-refractivity contribution < 1.29 is 4.79 Å². The summed E-state index contributed by atoms with van der Waals surface area (Å²) in [5.41, 5.74) is 7.06. The lowest BCUT2D eigenvalue weighted by molar-refractivity contribution is 0.0925. The molecule has 2 atom stereocenters. The maximum Gasteiger partial charge on any atom is 0.261 e. The molecule has 0 bridgehead atoms. The summed E-state index contributed by atoms with van der Waals surface area (Å²) in [6.45, 7) is 1.96. The number of hydrogen-bond acceptors (Lipinski definition) is 3. The molecule has 1 saturated carbocycles. The quantitative estimate of drug-likeness (QED) is 0.828. The van der Waals surface area contributed by atoms with Gasteiger partial charge in [0.15, 0.2) is 0 Å². The van der Waals surface area contributed by atoms with Gasteiger partial charge in [0.2, 0.25) is 0 Å². The molecular weight excluding hydrogens is 220 g/mol. The Morgan fingerprint density at radius 1 is 1.50 bits per heavy atom. The van der Waals surface area contributed by atoms with Crippen LogP contribution in [0.2, 0.25) is 0 Å². The van der Waals surface area contributed by atoms with Crippen LogP contribution in [0.4, 0.5) is 0 Å². The maximum atomic E-state index is 12.0. The van der Waals surface area contributed by atoms with Gasteiger partial charge >= 0.3 is 0 Å². The van der Waals surface area contributed by atoms with Gasteiger partial charge in [0, 0.05) is 12.1 Å². The highest BCUT2D eigenvalue weighted by Gasteiger charge is 2.24. The normalized spacial score (nSPS) is 25.4. The summed E-state index contributed by atoms with van der Waals surface area (Å²) in [6, 6.07) is 2.25. The van der Waals surface area contributed by atoms with Crippen molar-refractivity contribution >= 4 is 17.2 Å². The Morgan fingerprint density at radius 3 is 2.88 bits per heavy atom. The molecule has 3 nitrogen and oxygen atoms in total. The average Bonchev–Trinajstić information content (AvgIpc) is 2.68. The van der Waals surface area contributed by atoms with Crippen LogP contribution in [0.1, 0.15) is 40.9 Å². The van der Waals surface area contributed by atoms with E-state index >= 15 is 0 Å². The summed E-state index contributed by atoms with van der Waals surface area (Å²) in [7, 11) is 0. The first-order chi connectivity index (χ1) is 7.68. The molecule has 0 spiro atoms. The number of thiophene rings is 1. The number of amides is 1. The highest BCUT2D eigenvalue weighted by atomic mass is 32.1. The minimum atomic E-state index is 0.0369. The van der Waals surface area contributed by atoms with Gasteiger partial charge in [-0.15, -0.1) is 11.3 Å². The zero-order valence-corrected chi connectivity index (χ0v) is 10.3. The Labute approximate surface area is 100 Å². The first kappa shape index (κ1) is 11.6. The second kappa shape index (κ2) is 4.97. The van der Waals surface area contributed by atoms with Crippen LogP contribution in [-0.4, -0.2) is 18.0 Å². The third kappa shape index (κ3) is 2.44. The summed E-state index contributed by atoms with van der Waals surface area (Å²) in [5.74, 6) is 0.0369. The number of rotatable bonds is 2. The fraction of sp³-hybridized carbons (Fsp3) is 0.583. The van der Waals surface area contributed by atoms with Gasteiger partial charge in [-0.05, 0) is 36.8 Å². The van der Waals surface area contributed by atoms with E-state index in [1.807, 2.05) is 18.4 Å². The van der Waals surface area contributed by atoms with Gasteiger partial charge < -0.3 is 11.1 Å². The molecule has 1 amide bonds. The van der Waals surface area contributed by atoms with E-state index in [0.29, 0.717) is 0 Å². The van der Waals surface area contributed by atoms with E-state index in [1.54, 1.807) is 0 Å². The Balaban J connectivity index is 1.99. The summed E-state index contributed by atoms with van der Waals surface area (Å²) in [4.78, 5) is 12.8. The number of hydrogen-bond donors (Lipinski definition) is 2. The number of carbonyl (C=O) groups is 1. The Morgan fingerprint density at radius 2 is 2.25 bits per heavy atom. The van der Waals surface area contributed by atoms with E-state index in [0.717, 1.165) is 23.3 Å². The van der Waals surface area contributed by atoms with Crippen LogP contribution in [0, 0.1) is 6.92 Å². The van der Waals surface area contributed by atoms with Crippen molar-refractivity contribution in [3.8, 4) is 0 Å². The number of aryl methyl sites for hydroxylation is 1. The van der Waals surface area contributed by atoms with E-state index in [1.165, 1.54) is 24.2 Å². The molecule has 1 fully saturated rings. The zero-order chi connectivity index (χ0) is 11.5. The second-order valence-electron chi connectivity index (χ2n) is 4.46. The molecule has 1 aliphatic carbocycles. The monoisotopic (exact) mass is 238 g/mol. The largest absolute Gasteiger partial charge is 0.347 e. The van der Waals surface area contributed by atoms with Crippen LogP contribution in [-0.2, 0) is 0 Å². The molecule has 0 radical (unpaired) electrons. The van der Waals surface area contributed by atoms with Crippen molar-refractivity contribution in [2.45, 2.75) is 44.7 Å². The highest BCUT2D eigenvalue weighted by molar-refractivity contribution is 7.12. The maximum absolute atomic E-state index is 12.0. The molecule has 88 valence electrons. The van der Waals surface area contributed by atoms with Crippen molar-refractivity contribution in [1.82, 2.24) is 5.32 Å².